The summed E-state index contributed by atoms with van der Waals surface area (Å²) in [7, 11) is 0. The highest BCUT2D eigenvalue weighted by Gasteiger charge is 2.25. The molecule has 1 saturated heterocycles. The summed E-state index contributed by atoms with van der Waals surface area (Å²) in [6, 6.07) is 10.1. The van der Waals surface area contributed by atoms with Gasteiger partial charge in [-0.1, -0.05) is 49.4 Å². The lowest BCUT2D eigenvalue weighted by Gasteiger charge is -2.31. The van der Waals surface area contributed by atoms with Gasteiger partial charge in [-0.3, -0.25) is 0 Å². The molecule has 2 aromatic rings. The number of carbonyl (C=O) groups is 1. The summed E-state index contributed by atoms with van der Waals surface area (Å²) in [4.78, 5) is 14.0. The van der Waals surface area contributed by atoms with Crippen molar-refractivity contribution in [3.63, 3.8) is 0 Å². The predicted octanol–water partition coefficient (Wildman–Crippen LogP) is 3.38. The quantitative estimate of drug-likeness (QED) is 0.863. The van der Waals surface area contributed by atoms with E-state index >= 15 is 0 Å². The summed E-state index contributed by atoms with van der Waals surface area (Å²) in [5.41, 5.74) is 2.02. The van der Waals surface area contributed by atoms with Crippen LogP contribution < -0.4 is 0 Å². The Hall–Kier alpha value is -2.37. The lowest BCUT2D eigenvalue weighted by atomic mass is 10.1. The standard InChI is InChI=1S/C18H24N4O2/c1-14(2)17-12-22(20-19-17)16-8-10-21(11-9-16)18(23)24-13-15-6-4-3-5-7-15/h3-7,12,14,16H,8-11,13H2,1-2H3. The van der Waals surface area contributed by atoms with Gasteiger partial charge in [0.25, 0.3) is 0 Å². The number of amides is 1. The molecule has 128 valence electrons. The van der Waals surface area contributed by atoms with Gasteiger partial charge in [-0.2, -0.15) is 0 Å². The topological polar surface area (TPSA) is 60.2 Å². The summed E-state index contributed by atoms with van der Waals surface area (Å²) in [6.07, 6.45) is 3.54. The van der Waals surface area contributed by atoms with E-state index in [1.165, 1.54) is 0 Å². The molecule has 1 aliphatic heterocycles. The van der Waals surface area contributed by atoms with Crippen molar-refractivity contribution in [2.75, 3.05) is 13.1 Å². The monoisotopic (exact) mass is 328 g/mol. The molecule has 3 rings (SSSR count). The summed E-state index contributed by atoms with van der Waals surface area (Å²) >= 11 is 0. The van der Waals surface area contributed by atoms with Crippen molar-refractivity contribution < 1.29 is 9.53 Å². The van der Waals surface area contributed by atoms with Crippen LogP contribution in [0.25, 0.3) is 0 Å². The number of hydrogen-bond acceptors (Lipinski definition) is 4. The van der Waals surface area contributed by atoms with E-state index in [9.17, 15) is 4.79 Å². The first-order valence-corrected chi connectivity index (χ1v) is 8.51. The minimum Gasteiger partial charge on any atom is -0.445 e. The summed E-state index contributed by atoms with van der Waals surface area (Å²) in [5, 5.41) is 8.45. The molecular formula is C18H24N4O2. The lowest BCUT2D eigenvalue weighted by molar-refractivity contribution is 0.0820. The van der Waals surface area contributed by atoms with Crippen LogP contribution in [0, 0.1) is 0 Å². The van der Waals surface area contributed by atoms with Crippen LogP contribution in [0.2, 0.25) is 0 Å². The van der Waals surface area contributed by atoms with Crippen LogP contribution in [-0.4, -0.2) is 39.1 Å². The number of aromatic nitrogens is 3. The second-order valence-electron chi connectivity index (χ2n) is 6.54. The Bertz CT molecular complexity index is 661. The summed E-state index contributed by atoms with van der Waals surface area (Å²) in [5.74, 6) is 0.381. The van der Waals surface area contributed by atoms with E-state index in [-0.39, 0.29) is 6.09 Å². The molecule has 6 nitrogen and oxygen atoms in total. The van der Waals surface area contributed by atoms with Crippen molar-refractivity contribution in [1.29, 1.82) is 0 Å². The molecule has 1 fully saturated rings. The third kappa shape index (κ3) is 3.93. The van der Waals surface area contributed by atoms with Gasteiger partial charge in [0, 0.05) is 19.3 Å². The minimum absolute atomic E-state index is 0.237. The van der Waals surface area contributed by atoms with Gasteiger partial charge in [-0.15, -0.1) is 5.10 Å². The number of benzene rings is 1. The van der Waals surface area contributed by atoms with E-state index < -0.39 is 0 Å². The molecule has 6 heteroatoms. The molecule has 0 spiro atoms. The molecule has 0 unspecified atom stereocenters. The molecule has 0 saturated carbocycles. The molecule has 0 bridgehead atoms. The van der Waals surface area contributed by atoms with E-state index in [4.69, 9.17) is 4.74 Å². The second-order valence-corrected chi connectivity index (χ2v) is 6.54. The number of nitrogens with zero attached hydrogens (tertiary/aromatic N) is 4. The Morgan fingerprint density at radius 3 is 2.58 bits per heavy atom. The van der Waals surface area contributed by atoms with Crippen LogP contribution in [0.3, 0.4) is 0 Å². The Morgan fingerprint density at radius 1 is 1.25 bits per heavy atom. The van der Waals surface area contributed by atoms with Crippen molar-refractivity contribution in [2.45, 2.75) is 45.3 Å². The van der Waals surface area contributed by atoms with Crippen LogP contribution in [0.4, 0.5) is 4.79 Å². The smallest absolute Gasteiger partial charge is 0.410 e. The molecule has 1 aromatic heterocycles. The van der Waals surface area contributed by atoms with E-state index in [1.54, 1.807) is 4.90 Å². The Balaban J connectivity index is 1.48. The molecule has 1 aliphatic rings. The molecule has 1 amide bonds. The Morgan fingerprint density at radius 2 is 1.96 bits per heavy atom. The maximum Gasteiger partial charge on any atom is 0.410 e. The number of piperidine rings is 1. The first kappa shape index (κ1) is 16.5. The number of rotatable bonds is 4. The normalized spacial score (nSPS) is 15.7. The fourth-order valence-corrected chi connectivity index (χ4v) is 2.86. The van der Waals surface area contributed by atoms with Gasteiger partial charge in [-0.05, 0) is 24.3 Å². The predicted molar refractivity (Wildman–Crippen MR) is 90.6 cm³/mol. The lowest BCUT2D eigenvalue weighted by Crippen LogP contribution is -2.39. The van der Waals surface area contributed by atoms with Gasteiger partial charge in [0.05, 0.1) is 11.7 Å². The first-order chi connectivity index (χ1) is 11.6. The van der Waals surface area contributed by atoms with Crippen LogP contribution in [-0.2, 0) is 11.3 Å². The van der Waals surface area contributed by atoms with E-state index in [0.29, 0.717) is 31.7 Å². The number of likely N-dealkylation sites (tertiary alicyclic amines) is 1. The third-order valence-corrected chi connectivity index (χ3v) is 4.42. The largest absolute Gasteiger partial charge is 0.445 e. The zero-order valence-corrected chi connectivity index (χ0v) is 14.3. The highest BCUT2D eigenvalue weighted by Crippen LogP contribution is 2.23. The van der Waals surface area contributed by atoms with Gasteiger partial charge in [-0.25, -0.2) is 9.48 Å². The SMILES string of the molecule is CC(C)c1cn(C2CCN(C(=O)OCc3ccccc3)CC2)nn1. The average Bonchev–Trinajstić information content (AvgIpc) is 3.11. The molecule has 0 atom stereocenters. The van der Waals surface area contributed by atoms with E-state index in [1.807, 2.05) is 41.2 Å². The molecular weight excluding hydrogens is 304 g/mol. The fraction of sp³-hybridized carbons (Fsp3) is 0.500. The van der Waals surface area contributed by atoms with Crippen LogP contribution in [0.5, 0.6) is 0 Å². The molecule has 2 heterocycles. The minimum atomic E-state index is -0.237. The molecule has 0 aliphatic carbocycles. The van der Waals surface area contributed by atoms with Gasteiger partial charge in [0.15, 0.2) is 0 Å². The summed E-state index contributed by atoms with van der Waals surface area (Å²) < 4.78 is 7.34. The van der Waals surface area contributed by atoms with Crippen molar-refractivity contribution in [3.05, 3.63) is 47.8 Å². The highest BCUT2D eigenvalue weighted by atomic mass is 16.6. The van der Waals surface area contributed by atoms with Gasteiger partial charge >= 0.3 is 6.09 Å². The third-order valence-electron chi connectivity index (χ3n) is 4.42. The highest BCUT2D eigenvalue weighted by molar-refractivity contribution is 5.67. The molecule has 0 radical (unpaired) electrons. The molecule has 1 aromatic carbocycles. The number of carbonyl (C=O) groups excluding carboxylic acids is 1. The maximum atomic E-state index is 12.2. The molecule has 24 heavy (non-hydrogen) atoms. The number of hydrogen-bond donors (Lipinski definition) is 0. The first-order valence-electron chi connectivity index (χ1n) is 8.51. The van der Waals surface area contributed by atoms with Gasteiger partial charge < -0.3 is 9.64 Å². The molecule has 0 N–H and O–H groups in total. The zero-order chi connectivity index (χ0) is 16.9. The van der Waals surface area contributed by atoms with Crippen LogP contribution in [0.15, 0.2) is 36.5 Å². The Kier molecular flexibility index (Phi) is 5.13. The second kappa shape index (κ2) is 7.47. The maximum absolute atomic E-state index is 12.2. The number of ether oxygens (including phenoxy) is 1. The van der Waals surface area contributed by atoms with Crippen molar-refractivity contribution in [3.8, 4) is 0 Å². The fourth-order valence-electron chi connectivity index (χ4n) is 2.86. The summed E-state index contributed by atoms with van der Waals surface area (Å²) in [6.45, 7) is 5.92. The zero-order valence-electron chi connectivity index (χ0n) is 14.3. The van der Waals surface area contributed by atoms with Gasteiger partial charge in [0.1, 0.15) is 6.61 Å². The average molecular weight is 328 g/mol. The van der Waals surface area contributed by atoms with E-state index in [0.717, 1.165) is 24.1 Å². The van der Waals surface area contributed by atoms with Crippen LogP contribution in [0.1, 0.15) is 49.9 Å². The Labute approximate surface area is 142 Å². The van der Waals surface area contributed by atoms with Crippen molar-refractivity contribution in [2.24, 2.45) is 0 Å². The van der Waals surface area contributed by atoms with E-state index in [2.05, 4.69) is 24.2 Å². The van der Waals surface area contributed by atoms with Crippen molar-refractivity contribution in [1.82, 2.24) is 19.9 Å². The van der Waals surface area contributed by atoms with Gasteiger partial charge in [0.2, 0.25) is 0 Å². The van der Waals surface area contributed by atoms with Crippen LogP contribution >= 0.6 is 0 Å². The van der Waals surface area contributed by atoms with Crippen molar-refractivity contribution >= 4 is 6.09 Å².